The van der Waals surface area contributed by atoms with Gasteiger partial charge in [-0.25, -0.2) is 4.39 Å². The molecule has 0 saturated carbocycles. The van der Waals surface area contributed by atoms with Gasteiger partial charge < -0.3 is 10.1 Å². The summed E-state index contributed by atoms with van der Waals surface area (Å²) in [6.07, 6.45) is 0.110. The maximum atomic E-state index is 13.1. The first-order valence-electron chi connectivity index (χ1n) is 9.00. The quantitative estimate of drug-likeness (QED) is 0.543. The Balaban J connectivity index is 1.65. The summed E-state index contributed by atoms with van der Waals surface area (Å²) in [7, 11) is 0. The van der Waals surface area contributed by atoms with Crippen molar-refractivity contribution in [2.45, 2.75) is 19.9 Å². The number of carbonyl (C=O) groups excluding carboxylic acids is 1. The standard InChI is InChI=1S/C21H19FN2O3S2/c1-2-27-17-9-7-16(8-10-17)23-19(25)11-12-24-20(26)13-18(29-21(24)28)14-3-5-15(22)6-4-14/h3-10,13H,2,11-12H2,1H3,(H,23,25). The molecular weight excluding hydrogens is 411 g/mol. The van der Waals surface area contributed by atoms with Crippen LogP contribution in [0.5, 0.6) is 5.75 Å². The lowest BCUT2D eigenvalue weighted by atomic mass is 10.2. The van der Waals surface area contributed by atoms with E-state index in [0.717, 1.165) is 11.3 Å². The molecule has 1 N–H and O–H groups in total. The average Bonchev–Trinajstić information content (AvgIpc) is 2.69. The van der Waals surface area contributed by atoms with Gasteiger partial charge >= 0.3 is 0 Å². The number of amides is 1. The molecule has 0 unspecified atom stereocenters. The van der Waals surface area contributed by atoms with Gasteiger partial charge in [0.15, 0.2) is 3.95 Å². The third kappa shape index (κ3) is 5.58. The Morgan fingerprint density at radius 1 is 1.17 bits per heavy atom. The van der Waals surface area contributed by atoms with Gasteiger partial charge in [-0.15, -0.1) is 11.3 Å². The Morgan fingerprint density at radius 2 is 1.86 bits per heavy atom. The Bertz CT molecular complexity index is 1080. The van der Waals surface area contributed by atoms with E-state index in [1.807, 2.05) is 6.92 Å². The van der Waals surface area contributed by atoms with Crippen LogP contribution in [0.15, 0.2) is 59.4 Å². The van der Waals surface area contributed by atoms with E-state index in [4.69, 9.17) is 17.0 Å². The van der Waals surface area contributed by atoms with Crippen LogP contribution in [0.4, 0.5) is 10.1 Å². The smallest absolute Gasteiger partial charge is 0.253 e. The van der Waals surface area contributed by atoms with Crippen LogP contribution in [0.2, 0.25) is 0 Å². The molecule has 0 bridgehead atoms. The highest BCUT2D eigenvalue weighted by atomic mass is 32.1. The number of halogens is 1. The molecule has 0 atom stereocenters. The fourth-order valence-electron chi connectivity index (χ4n) is 2.65. The first-order chi connectivity index (χ1) is 14.0. The van der Waals surface area contributed by atoms with E-state index in [-0.39, 0.29) is 30.2 Å². The zero-order valence-electron chi connectivity index (χ0n) is 15.7. The lowest BCUT2D eigenvalue weighted by molar-refractivity contribution is -0.116. The SMILES string of the molecule is CCOc1ccc(NC(=O)CCn2c(=O)cc(-c3ccc(F)cc3)sc2=S)cc1. The number of anilines is 1. The van der Waals surface area contributed by atoms with Gasteiger partial charge in [0.2, 0.25) is 5.91 Å². The van der Waals surface area contributed by atoms with Crippen molar-refractivity contribution in [2.75, 3.05) is 11.9 Å². The van der Waals surface area contributed by atoms with Crippen LogP contribution in [-0.4, -0.2) is 17.1 Å². The minimum Gasteiger partial charge on any atom is -0.494 e. The normalized spacial score (nSPS) is 10.6. The van der Waals surface area contributed by atoms with Crippen molar-refractivity contribution < 1.29 is 13.9 Å². The molecule has 1 aromatic heterocycles. The Hall–Kier alpha value is -2.84. The van der Waals surface area contributed by atoms with Gasteiger partial charge in [-0.3, -0.25) is 14.2 Å². The predicted molar refractivity (Wildman–Crippen MR) is 116 cm³/mol. The van der Waals surface area contributed by atoms with Crippen LogP contribution in [0.25, 0.3) is 10.4 Å². The lowest BCUT2D eigenvalue weighted by Crippen LogP contribution is -2.22. The summed E-state index contributed by atoms with van der Waals surface area (Å²) in [5.74, 6) is 0.169. The number of carbonyl (C=O) groups is 1. The number of ether oxygens (including phenoxy) is 1. The van der Waals surface area contributed by atoms with Crippen LogP contribution < -0.4 is 15.6 Å². The molecule has 0 aliphatic rings. The fraction of sp³-hybridized carbons (Fsp3) is 0.190. The molecule has 29 heavy (non-hydrogen) atoms. The number of nitrogens with zero attached hydrogens (tertiary/aromatic N) is 1. The number of aromatic nitrogens is 1. The zero-order valence-corrected chi connectivity index (χ0v) is 17.3. The van der Waals surface area contributed by atoms with Crippen molar-refractivity contribution in [3.05, 3.63) is 74.7 Å². The first kappa shape index (κ1) is 20.9. The van der Waals surface area contributed by atoms with Crippen molar-refractivity contribution in [1.82, 2.24) is 4.57 Å². The monoisotopic (exact) mass is 430 g/mol. The van der Waals surface area contributed by atoms with E-state index in [0.29, 0.717) is 21.1 Å². The van der Waals surface area contributed by atoms with Gasteiger partial charge in [-0.2, -0.15) is 0 Å². The minimum atomic E-state index is -0.343. The van der Waals surface area contributed by atoms with E-state index in [9.17, 15) is 14.0 Å². The van der Waals surface area contributed by atoms with E-state index >= 15 is 0 Å². The number of nitrogens with one attached hydrogen (secondary N) is 1. The van der Waals surface area contributed by atoms with E-state index in [1.54, 1.807) is 36.4 Å². The second-order valence-corrected chi connectivity index (χ2v) is 7.80. The Labute approximate surface area is 176 Å². The van der Waals surface area contributed by atoms with Crippen LogP contribution in [0, 0.1) is 9.77 Å². The van der Waals surface area contributed by atoms with Gasteiger partial charge in [0, 0.05) is 29.6 Å². The summed E-state index contributed by atoms with van der Waals surface area (Å²) in [6.45, 7) is 2.66. The summed E-state index contributed by atoms with van der Waals surface area (Å²) in [4.78, 5) is 25.3. The van der Waals surface area contributed by atoms with Crippen molar-refractivity contribution in [2.24, 2.45) is 0 Å². The summed E-state index contributed by atoms with van der Waals surface area (Å²) in [6, 6.07) is 14.4. The van der Waals surface area contributed by atoms with Gasteiger partial charge in [0.05, 0.1) is 6.61 Å². The molecule has 3 rings (SSSR count). The van der Waals surface area contributed by atoms with Crippen LogP contribution in [0.1, 0.15) is 13.3 Å². The lowest BCUT2D eigenvalue weighted by Gasteiger charge is -2.09. The molecule has 0 aliphatic carbocycles. The Morgan fingerprint density at radius 3 is 2.48 bits per heavy atom. The average molecular weight is 431 g/mol. The fourth-order valence-corrected chi connectivity index (χ4v) is 4.00. The molecule has 1 amide bonds. The van der Waals surface area contributed by atoms with Crippen molar-refractivity contribution in [3.8, 4) is 16.2 Å². The minimum absolute atomic E-state index is 0.110. The summed E-state index contributed by atoms with van der Waals surface area (Å²) in [5.41, 5.74) is 1.08. The molecule has 0 saturated heterocycles. The largest absolute Gasteiger partial charge is 0.494 e. The number of rotatable bonds is 7. The zero-order chi connectivity index (χ0) is 20.8. The van der Waals surface area contributed by atoms with Crippen LogP contribution in [0.3, 0.4) is 0 Å². The number of hydrogen-bond acceptors (Lipinski definition) is 5. The molecular formula is C21H19FN2O3S2. The molecule has 3 aromatic rings. The summed E-state index contributed by atoms with van der Waals surface area (Å²) >= 11 is 6.58. The highest BCUT2D eigenvalue weighted by Crippen LogP contribution is 2.23. The Kier molecular flexibility index (Phi) is 6.90. The van der Waals surface area contributed by atoms with Gasteiger partial charge in [-0.05, 0) is 61.1 Å². The molecule has 150 valence electrons. The summed E-state index contributed by atoms with van der Waals surface area (Å²) in [5, 5.41) is 2.79. The van der Waals surface area contributed by atoms with Gasteiger partial charge in [0.25, 0.3) is 5.56 Å². The van der Waals surface area contributed by atoms with Gasteiger partial charge in [0.1, 0.15) is 11.6 Å². The second-order valence-electron chi connectivity index (χ2n) is 6.13. The van der Waals surface area contributed by atoms with E-state index in [1.165, 1.54) is 34.1 Å². The first-order valence-corrected chi connectivity index (χ1v) is 10.2. The topological polar surface area (TPSA) is 60.3 Å². The molecule has 0 radical (unpaired) electrons. The maximum Gasteiger partial charge on any atom is 0.253 e. The van der Waals surface area contributed by atoms with Crippen molar-refractivity contribution >= 4 is 35.1 Å². The number of hydrogen-bond donors (Lipinski definition) is 1. The molecule has 1 heterocycles. The molecule has 5 nitrogen and oxygen atoms in total. The molecule has 2 aromatic carbocycles. The molecule has 0 spiro atoms. The molecule has 0 fully saturated rings. The van der Waals surface area contributed by atoms with Crippen molar-refractivity contribution in [3.63, 3.8) is 0 Å². The third-order valence-corrected chi connectivity index (χ3v) is 5.52. The van der Waals surface area contributed by atoms with Crippen molar-refractivity contribution in [1.29, 1.82) is 0 Å². The molecule has 8 heteroatoms. The predicted octanol–water partition coefficient (Wildman–Crippen LogP) is 4.87. The van der Waals surface area contributed by atoms with Crippen LogP contribution >= 0.6 is 23.6 Å². The number of benzene rings is 2. The second kappa shape index (κ2) is 9.58. The van der Waals surface area contributed by atoms with E-state index < -0.39 is 0 Å². The van der Waals surface area contributed by atoms with E-state index in [2.05, 4.69) is 5.32 Å². The van der Waals surface area contributed by atoms with Crippen LogP contribution in [-0.2, 0) is 11.3 Å². The highest BCUT2D eigenvalue weighted by molar-refractivity contribution is 7.73. The molecule has 0 aliphatic heterocycles. The van der Waals surface area contributed by atoms with Gasteiger partial charge in [-0.1, -0.05) is 12.1 Å². The highest BCUT2D eigenvalue weighted by Gasteiger charge is 2.08. The maximum absolute atomic E-state index is 13.1. The summed E-state index contributed by atoms with van der Waals surface area (Å²) < 4.78 is 20.2. The third-order valence-electron chi connectivity index (χ3n) is 4.08.